The zero-order chi connectivity index (χ0) is 14.6. The van der Waals surface area contributed by atoms with Crippen LogP contribution in [0.25, 0.3) is 0 Å². The molecule has 0 bridgehead atoms. The van der Waals surface area contributed by atoms with Crippen molar-refractivity contribution in [3.05, 3.63) is 28.7 Å². The highest BCUT2D eigenvalue weighted by Crippen LogP contribution is 2.17. The van der Waals surface area contributed by atoms with Crippen LogP contribution in [-0.2, 0) is 14.8 Å². The van der Waals surface area contributed by atoms with E-state index in [1.165, 1.54) is 12.1 Å². The molecule has 19 heavy (non-hydrogen) atoms. The molecule has 0 saturated carbocycles. The Morgan fingerprint density at radius 1 is 1.42 bits per heavy atom. The highest BCUT2D eigenvalue weighted by Gasteiger charge is 2.26. The highest BCUT2D eigenvalue weighted by molar-refractivity contribution is 9.10. The molecule has 7 heteroatoms. The van der Waals surface area contributed by atoms with Gasteiger partial charge in [0.15, 0.2) is 0 Å². The predicted octanol–water partition coefficient (Wildman–Crippen LogP) is 2.23. The first-order valence-corrected chi connectivity index (χ1v) is 8.00. The molecule has 1 rings (SSSR count). The van der Waals surface area contributed by atoms with E-state index in [2.05, 4.69) is 20.7 Å². The van der Waals surface area contributed by atoms with Crippen LogP contribution < -0.4 is 4.72 Å². The predicted molar refractivity (Wildman–Crippen MR) is 75.3 cm³/mol. The summed E-state index contributed by atoms with van der Waals surface area (Å²) in [6.07, 6.45) is 0.239. The van der Waals surface area contributed by atoms with E-state index in [9.17, 15) is 13.2 Å². The van der Waals surface area contributed by atoms with Crippen LogP contribution in [0, 0.1) is 5.92 Å². The fourth-order valence-electron chi connectivity index (χ4n) is 1.56. The average molecular weight is 350 g/mol. The summed E-state index contributed by atoms with van der Waals surface area (Å²) < 4.78 is 27.0. The fourth-order valence-corrected chi connectivity index (χ4v) is 3.36. The van der Waals surface area contributed by atoms with Crippen LogP contribution in [-0.4, -0.2) is 25.5 Å². The number of nitrogens with one attached hydrogen (secondary N) is 1. The summed E-state index contributed by atoms with van der Waals surface area (Å²) in [5.41, 5.74) is 0. The summed E-state index contributed by atoms with van der Waals surface area (Å²) in [6.45, 7) is 3.67. The van der Waals surface area contributed by atoms with Gasteiger partial charge in [-0.25, -0.2) is 8.42 Å². The molecular weight excluding hydrogens is 334 g/mol. The first-order chi connectivity index (χ1) is 8.72. The van der Waals surface area contributed by atoms with Crippen molar-refractivity contribution in [2.24, 2.45) is 5.92 Å². The molecule has 0 aliphatic rings. The Kier molecular flexibility index (Phi) is 5.51. The smallest absolute Gasteiger partial charge is 0.321 e. The van der Waals surface area contributed by atoms with Crippen molar-refractivity contribution in [1.82, 2.24) is 4.72 Å². The van der Waals surface area contributed by atoms with Crippen LogP contribution >= 0.6 is 15.9 Å². The molecule has 0 fully saturated rings. The highest BCUT2D eigenvalue weighted by atomic mass is 79.9. The summed E-state index contributed by atoms with van der Waals surface area (Å²) in [7, 11) is -3.83. The third-order valence-electron chi connectivity index (χ3n) is 2.41. The molecule has 0 unspecified atom stereocenters. The molecule has 0 saturated heterocycles. The third kappa shape index (κ3) is 4.93. The van der Waals surface area contributed by atoms with Gasteiger partial charge in [-0.3, -0.25) is 4.79 Å². The van der Waals surface area contributed by atoms with Crippen LogP contribution in [0.15, 0.2) is 33.6 Å². The number of sulfonamides is 1. The second-order valence-corrected chi connectivity index (χ2v) is 7.23. The van der Waals surface area contributed by atoms with E-state index in [4.69, 9.17) is 5.11 Å². The molecule has 5 nitrogen and oxygen atoms in total. The monoisotopic (exact) mass is 349 g/mol. The van der Waals surface area contributed by atoms with E-state index in [0.717, 1.165) is 0 Å². The van der Waals surface area contributed by atoms with Gasteiger partial charge in [0.05, 0.1) is 4.90 Å². The zero-order valence-electron chi connectivity index (χ0n) is 10.6. The minimum Gasteiger partial charge on any atom is -0.480 e. The maximum absolute atomic E-state index is 12.1. The minimum atomic E-state index is -3.83. The lowest BCUT2D eigenvalue weighted by Gasteiger charge is -2.16. The molecule has 0 spiro atoms. The topological polar surface area (TPSA) is 83.5 Å². The van der Waals surface area contributed by atoms with E-state index in [-0.39, 0.29) is 17.2 Å². The Morgan fingerprint density at radius 2 is 2.05 bits per heavy atom. The maximum atomic E-state index is 12.1. The van der Waals surface area contributed by atoms with Gasteiger partial charge in [0.2, 0.25) is 10.0 Å². The van der Waals surface area contributed by atoms with Crippen molar-refractivity contribution in [2.75, 3.05) is 0 Å². The van der Waals surface area contributed by atoms with Crippen molar-refractivity contribution in [1.29, 1.82) is 0 Å². The number of carboxylic acid groups (broad SMARTS) is 1. The lowest BCUT2D eigenvalue weighted by Crippen LogP contribution is -2.41. The molecular formula is C12H16BrNO4S. The lowest BCUT2D eigenvalue weighted by atomic mass is 10.1. The Labute approximate surface area is 121 Å². The van der Waals surface area contributed by atoms with Crippen LogP contribution in [0.3, 0.4) is 0 Å². The summed E-state index contributed by atoms with van der Waals surface area (Å²) in [5, 5.41) is 9.05. The van der Waals surface area contributed by atoms with Gasteiger partial charge >= 0.3 is 5.97 Å². The van der Waals surface area contributed by atoms with Gasteiger partial charge < -0.3 is 5.11 Å². The molecule has 0 aliphatic heterocycles. The van der Waals surface area contributed by atoms with Crippen molar-refractivity contribution >= 4 is 31.9 Å². The van der Waals surface area contributed by atoms with E-state index < -0.39 is 22.0 Å². The number of aliphatic carboxylic acids is 1. The summed E-state index contributed by atoms with van der Waals surface area (Å²) in [4.78, 5) is 11.1. The maximum Gasteiger partial charge on any atom is 0.321 e. The number of hydrogen-bond acceptors (Lipinski definition) is 3. The summed E-state index contributed by atoms with van der Waals surface area (Å²) >= 11 is 3.18. The van der Waals surface area contributed by atoms with Crippen LogP contribution in [0.2, 0.25) is 0 Å². The molecule has 1 atom stereocenters. The van der Waals surface area contributed by atoms with Gasteiger partial charge in [-0.15, -0.1) is 0 Å². The molecule has 2 N–H and O–H groups in total. The van der Waals surface area contributed by atoms with Crippen LogP contribution in [0.1, 0.15) is 20.3 Å². The first kappa shape index (κ1) is 16.1. The molecule has 0 radical (unpaired) electrons. The van der Waals surface area contributed by atoms with Gasteiger partial charge in [-0.05, 0) is 30.5 Å². The second kappa shape index (κ2) is 6.49. The minimum absolute atomic E-state index is 0.0388. The molecule has 0 heterocycles. The standard InChI is InChI=1S/C12H16BrNO4S/c1-8(2)6-11(12(15)16)14-19(17,18)10-5-3-4-9(13)7-10/h3-5,7-8,11,14H,6H2,1-2H3,(H,15,16)/t11-/m0/s1. The van der Waals surface area contributed by atoms with E-state index >= 15 is 0 Å². The molecule has 1 aromatic carbocycles. The number of carbonyl (C=O) groups is 1. The molecule has 0 aromatic heterocycles. The quantitative estimate of drug-likeness (QED) is 0.824. The number of benzene rings is 1. The number of rotatable bonds is 6. The molecule has 106 valence electrons. The van der Waals surface area contributed by atoms with Crippen LogP contribution in [0.4, 0.5) is 0 Å². The molecule has 0 aliphatic carbocycles. The number of hydrogen-bond donors (Lipinski definition) is 2. The normalized spacial score (nSPS) is 13.5. The van der Waals surface area contributed by atoms with E-state index in [0.29, 0.717) is 4.47 Å². The Bertz CT molecular complexity index is 557. The number of halogens is 1. The van der Waals surface area contributed by atoms with Gasteiger partial charge in [0.1, 0.15) is 6.04 Å². The Morgan fingerprint density at radius 3 is 2.53 bits per heavy atom. The van der Waals surface area contributed by atoms with Gasteiger partial charge in [-0.1, -0.05) is 35.8 Å². The van der Waals surface area contributed by atoms with E-state index in [1.54, 1.807) is 12.1 Å². The van der Waals surface area contributed by atoms with Crippen molar-refractivity contribution in [3.63, 3.8) is 0 Å². The van der Waals surface area contributed by atoms with Crippen molar-refractivity contribution in [3.8, 4) is 0 Å². The van der Waals surface area contributed by atoms with Gasteiger partial charge in [0.25, 0.3) is 0 Å². The van der Waals surface area contributed by atoms with Gasteiger partial charge in [0, 0.05) is 4.47 Å². The Hall–Kier alpha value is -0.920. The largest absolute Gasteiger partial charge is 0.480 e. The second-order valence-electron chi connectivity index (χ2n) is 4.60. The third-order valence-corrected chi connectivity index (χ3v) is 4.37. The fraction of sp³-hybridized carbons (Fsp3) is 0.417. The SMILES string of the molecule is CC(C)C[C@H](NS(=O)(=O)c1cccc(Br)c1)C(=O)O. The lowest BCUT2D eigenvalue weighted by molar-refractivity contribution is -0.139. The van der Waals surface area contributed by atoms with Crippen LogP contribution in [0.5, 0.6) is 0 Å². The molecule has 0 amide bonds. The van der Waals surface area contributed by atoms with E-state index in [1.807, 2.05) is 13.8 Å². The summed E-state index contributed by atoms with van der Waals surface area (Å²) in [6, 6.07) is 5.00. The van der Waals surface area contributed by atoms with Crippen molar-refractivity contribution in [2.45, 2.75) is 31.2 Å². The zero-order valence-corrected chi connectivity index (χ0v) is 13.0. The number of carboxylic acids is 1. The average Bonchev–Trinajstić information content (AvgIpc) is 2.27. The van der Waals surface area contributed by atoms with Crippen molar-refractivity contribution < 1.29 is 18.3 Å². The first-order valence-electron chi connectivity index (χ1n) is 5.73. The molecule has 1 aromatic rings. The van der Waals surface area contributed by atoms with Gasteiger partial charge in [-0.2, -0.15) is 4.72 Å². The Balaban J connectivity index is 2.97. The summed E-state index contributed by atoms with van der Waals surface area (Å²) in [5.74, 6) is -1.10.